The van der Waals surface area contributed by atoms with Crippen LogP contribution in [0.2, 0.25) is 0 Å². The molecule has 3 rings (SSSR count). The van der Waals surface area contributed by atoms with Crippen molar-refractivity contribution in [1.29, 1.82) is 0 Å². The standard InChI is InChI=1S/C29H35F5O3/c1-2-3-4-5-6-7-8-9-19-10-12-20(13-11-19)18-36-21-14-23(30)27(24(31)15-21)29(35)37-22-16-25(32)28(34)26(33)17-22/h14-17,19-20H,2-13,18H2,1H3/t19-,20-. The molecule has 2 aromatic carbocycles. The predicted molar refractivity (Wildman–Crippen MR) is 131 cm³/mol. The molecule has 0 spiro atoms. The molecular weight excluding hydrogens is 491 g/mol. The summed E-state index contributed by atoms with van der Waals surface area (Å²) in [6.45, 7) is 2.54. The van der Waals surface area contributed by atoms with Crippen molar-refractivity contribution >= 4 is 5.97 Å². The molecule has 0 N–H and O–H groups in total. The highest BCUT2D eigenvalue weighted by molar-refractivity contribution is 5.91. The van der Waals surface area contributed by atoms with Gasteiger partial charge in [0.1, 0.15) is 28.7 Å². The number of ether oxygens (including phenoxy) is 2. The summed E-state index contributed by atoms with van der Waals surface area (Å²) < 4.78 is 78.9. The highest BCUT2D eigenvalue weighted by Gasteiger charge is 2.24. The van der Waals surface area contributed by atoms with E-state index in [1.54, 1.807) is 0 Å². The van der Waals surface area contributed by atoms with Gasteiger partial charge in [-0.3, -0.25) is 0 Å². The van der Waals surface area contributed by atoms with E-state index in [0.29, 0.717) is 24.7 Å². The van der Waals surface area contributed by atoms with Crippen LogP contribution in [0.3, 0.4) is 0 Å². The first-order valence-corrected chi connectivity index (χ1v) is 13.3. The van der Waals surface area contributed by atoms with Crippen molar-refractivity contribution < 1.29 is 36.2 Å². The maximum atomic E-state index is 14.5. The second kappa shape index (κ2) is 14.3. The zero-order chi connectivity index (χ0) is 26.8. The van der Waals surface area contributed by atoms with Gasteiger partial charge in [0.15, 0.2) is 17.5 Å². The monoisotopic (exact) mass is 526 g/mol. The van der Waals surface area contributed by atoms with Crippen LogP contribution < -0.4 is 9.47 Å². The molecule has 0 bridgehead atoms. The maximum Gasteiger partial charge on any atom is 0.349 e. The molecule has 0 atom stereocenters. The second-order valence-corrected chi connectivity index (χ2v) is 9.96. The third kappa shape index (κ3) is 8.71. The summed E-state index contributed by atoms with van der Waals surface area (Å²) >= 11 is 0. The van der Waals surface area contributed by atoms with Gasteiger partial charge in [-0.1, -0.05) is 71.1 Å². The Labute approximate surface area is 215 Å². The van der Waals surface area contributed by atoms with Gasteiger partial charge in [0, 0.05) is 24.3 Å². The van der Waals surface area contributed by atoms with Crippen molar-refractivity contribution in [2.24, 2.45) is 11.8 Å². The van der Waals surface area contributed by atoms with Crippen molar-refractivity contribution in [3.8, 4) is 11.5 Å². The van der Waals surface area contributed by atoms with Crippen LogP contribution in [-0.4, -0.2) is 12.6 Å². The summed E-state index contributed by atoms with van der Waals surface area (Å²) in [5, 5.41) is 0. The first-order chi connectivity index (χ1) is 17.8. The van der Waals surface area contributed by atoms with Crippen LogP contribution in [0.1, 0.15) is 94.3 Å². The van der Waals surface area contributed by atoms with Gasteiger partial charge in [0.05, 0.1) is 6.61 Å². The Morgan fingerprint density at radius 3 is 1.84 bits per heavy atom. The Morgan fingerprint density at radius 1 is 0.730 bits per heavy atom. The summed E-state index contributed by atoms with van der Waals surface area (Å²) in [6.07, 6.45) is 14.7. The highest BCUT2D eigenvalue weighted by Crippen LogP contribution is 2.33. The van der Waals surface area contributed by atoms with E-state index in [1.165, 1.54) is 51.4 Å². The SMILES string of the molecule is CCCCCCCCC[C@H]1CC[C@H](COc2cc(F)c(C(=O)Oc3cc(F)c(F)c(F)c3)c(F)c2)CC1. The number of rotatable bonds is 13. The molecule has 0 heterocycles. The van der Waals surface area contributed by atoms with Gasteiger partial charge in [0.2, 0.25) is 0 Å². The number of benzene rings is 2. The van der Waals surface area contributed by atoms with Crippen LogP contribution in [0.15, 0.2) is 24.3 Å². The molecule has 1 aliphatic rings. The molecule has 0 radical (unpaired) electrons. The van der Waals surface area contributed by atoms with Crippen LogP contribution in [0, 0.1) is 40.9 Å². The van der Waals surface area contributed by atoms with E-state index in [1.807, 2.05) is 0 Å². The van der Waals surface area contributed by atoms with Crippen molar-refractivity contribution in [2.45, 2.75) is 84.0 Å². The zero-order valence-corrected chi connectivity index (χ0v) is 21.3. The molecular formula is C29H35F5O3. The Bertz CT molecular complexity index is 988. The summed E-state index contributed by atoms with van der Waals surface area (Å²) in [6, 6.07) is 2.56. The molecule has 0 aromatic heterocycles. The van der Waals surface area contributed by atoms with Gasteiger partial charge >= 0.3 is 5.97 Å². The zero-order valence-electron chi connectivity index (χ0n) is 21.3. The minimum atomic E-state index is -1.75. The first kappa shape index (κ1) is 28.9. The lowest BCUT2D eigenvalue weighted by atomic mass is 9.80. The van der Waals surface area contributed by atoms with Crippen LogP contribution in [0.25, 0.3) is 0 Å². The Kier molecular flexibility index (Phi) is 11.2. The van der Waals surface area contributed by atoms with Gasteiger partial charge in [-0.15, -0.1) is 0 Å². The molecule has 37 heavy (non-hydrogen) atoms. The van der Waals surface area contributed by atoms with Crippen LogP contribution >= 0.6 is 0 Å². The molecule has 1 saturated carbocycles. The number of carbonyl (C=O) groups is 1. The smallest absolute Gasteiger partial charge is 0.349 e. The Morgan fingerprint density at radius 2 is 1.24 bits per heavy atom. The molecule has 0 saturated heterocycles. The predicted octanol–water partition coefficient (Wildman–Crippen LogP) is 8.93. The van der Waals surface area contributed by atoms with E-state index in [4.69, 9.17) is 4.74 Å². The quantitative estimate of drug-likeness (QED) is 0.0859. The van der Waals surface area contributed by atoms with Crippen molar-refractivity contribution in [3.63, 3.8) is 0 Å². The average molecular weight is 527 g/mol. The third-order valence-electron chi connectivity index (χ3n) is 7.06. The number of carbonyl (C=O) groups excluding carboxylic acids is 1. The van der Waals surface area contributed by atoms with Gasteiger partial charge in [-0.25, -0.2) is 26.7 Å². The van der Waals surface area contributed by atoms with Gasteiger partial charge < -0.3 is 9.47 Å². The lowest BCUT2D eigenvalue weighted by Crippen LogP contribution is -2.20. The molecule has 1 aliphatic carbocycles. The molecule has 0 amide bonds. The maximum absolute atomic E-state index is 14.5. The minimum Gasteiger partial charge on any atom is -0.493 e. The van der Waals surface area contributed by atoms with E-state index in [9.17, 15) is 26.7 Å². The fraction of sp³-hybridized carbons (Fsp3) is 0.552. The number of halogens is 5. The normalized spacial score (nSPS) is 17.6. The number of hydrogen-bond donors (Lipinski definition) is 0. The first-order valence-electron chi connectivity index (χ1n) is 13.3. The van der Waals surface area contributed by atoms with E-state index < -0.39 is 46.4 Å². The molecule has 3 nitrogen and oxygen atoms in total. The van der Waals surface area contributed by atoms with E-state index in [2.05, 4.69) is 11.7 Å². The average Bonchev–Trinajstić information content (AvgIpc) is 2.85. The highest BCUT2D eigenvalue weighted by atomic mass is 19.2. The number of esters is 1. The number of hydrogen-bond acceptors (Lipinski definition) is 3. The van der Waals surface area contributed by atoms with Crippen molar-refractivity contribution in [3.05, 3.63) is 58.9 Å². The topological polar surface area (TPSA) is 35.5 Å². The molecule has 204 valence electrons. The summed E-state index contributed by atoms with van der Waals surface area (Å²) in [5.41, 5.74) is -1.04. The summed E-state index contributed by atoms with van der Waals surface area (Å²) in [5.74, 6) is -8.67. The van der Waals surface area contributed by atoms with E-state index in [-0.39, 0.29) is 5.75 Å². The van der Waals surface area contributed by atoms with Crippen LogP contribution in [0.5, 0.6) is 11.5 Å². The second-order valence-electron chi connectivity index (χ2n) is 9.96. The Balaban J connectivity index is 1.43. The lowest BCUT2D eigenvalue weighted by Gasteiger charge is -2.28. The fourth-order valence-electron chi connectivity index (χ4n) is 4.87. The van der Waals surface area contributed by atoms with Crippen LogP contribution in [0.4, 0.5) is 22.0 Å². The molecule has 8 heteroatoms. The fourth-order valence-corrected chi connectivity index (χ4v) is 4.87. The number of unbranched alkanes of at least 4 members (excludes halogenated alkanes) is 6. The largest absolute Gasteiger partial charge is 0.493 e. The molecule has 0 aliphatic heterocycles. The molecule has 2 aromatic rings. The van der Waals surface area contributed by atoms with Crippen molar-refractivity contribution in [1.82, 2.24) is 0 Å². The summed E-state index contributed by atoms with van der Waals surface area (Å²) in [7, 11) is 0. The van der Waals surface area contributed by atoms with E-state index in [0.717, 1.165) is 43.7 Å². The lowest BCUT2D eigenvalue weighted by molar-refractivity contribution is 0.0723. The van der Waals surface area contributed by atoms with Crippen LogP contribution in [-0.2, 0) is 0 Å². The van der Waals surface area contributed by atoms with Gasteiger partial charge in [0.25, 0.3) is 0 Å². The Hall–Kier alpha value is -2.64. The third-order valence-corrected chi connectivity index (χ3v) is 7.06. The molecule has 1 fully saturated rings. The van der Waals surface area contributed by atoms with E-state index >= 15 is 0 Å². The van der Waals surface area contributed by atoms with Crippen molar-refractivity contribution in [2.75, 3.05) is 6.61 Å². The van der Waals surface area contributed by atoms with Gasteiger partial charge in [-0.05, 0) is 24.7 Å². The molecule has 0 unspecified atom stereocenters. The summed E-state index contributed by atoms with van der Waals surface area (Å²) in [4.78, 5) is 12.2. The minimum absolute atomic E-state index is 0.0596. The van der Waals surface area contributed by atoms with Gasteiger partial charge in [-0.2, -0.15) is 0 Å².